The van der Waals surface area contributed by atoms with Gasteiger partial charge in [-0.25, -0.2) is 4.79 Å². The number of urea groups is 1. The average molecular weight is 286 g/mol. The molecule has 2 rings (SSSR count). The molecular weight excluding hydrogens is 260 g/mol. The van der Waals surface area contributed by atoms with Gasteiger partial charge < -0.3 is 10.2 Å². The molecule has 1 N–H and O–H groups in total. The summed E-state index contributed by atoms with van der Waals surface area (Å²) in [5.41, 5.74) is 1.14. The SMILES string of the molecule is C=CCN(Cc1ccccc1)C(=O)NCCC1CCCC1. The predicted octanol–water partition coefficient (Wildman–Crippen LogP) is 3.96. The van der Waals surface area contributed by atoms with Crippen molar-refractivity contribution in [3.8, 4) is 0 Å². The lowest BCUT2D eigenvalue weighted by atomic mass is 10.0. The first-order chi connectivity index (χ1) is 10.3. The number of nitrogens with one attached hydrogen (secondary N) is 1. The number of amides is 2. The van der Waals surface area contributed by atoms with Crippen molar-refractivity contribution < 1.29 is 4.79 Å². The summed E-state index contributed by atoms with van der Waals surface area (Å²) in [5, 5.41) is 3.05. The summed E-state index contributed by atoms with van der Waals surface area (Å²) in [6.45, 7) is 5.73. The van der Waals surface area contributed by atoms with Crippen molar-refractivity contribution in [2.45, 2.75) is 38.6 Å². The molecule has 2 amide bonds. The zero-order chi connectivity index (χ0) is 14.9. The van der Waals surface area contributed by atoms with Crippen molar-refractivity contribution in [3.63, 3.8) is 0 Å². The Hall–Kier alpha value is -1.77. The molecule has 3 nitrogen and oxygen atoms in total. The quantitative estimate of drug-likeness (QED) is 0.756. The van der Waals surface area contributed by atoms with Crippen molar-refractivity contribution in [2.75, 3.05) is 13.1 Å². The van der Waals surface area contributed by atoms with E-state index in [4.69, 9.17) is 0 Å². The Morgan fingerprint density at radius 3 is 2.67 bits per heavy atom. The lowest BCUT2D eigenvalue weighted by molar-refractivity contribution is 0.200. The van der Waals surface area contributed by atoms with Crippen LogP contribution in [0.5, 0.6) is 0 Å². The number of benzene rings is 1. The van der Waals surface area contributed by atoms with Crippen LogP contribution >= 0.6 is 0 Å². The minimum Gasteiger partial charge on any atom is -0.338 e. The van der Waals surface area contributed by atoms with Crippen LogP contribution < -0.4 is 5.32 Å². The van der Waals surface area contributed by atoms with Crippen molar-refractivity contribution in [2.24, 2.45) is 5.92 Å². The second-order valence-corrected chi connectivity index (χ2v) is 5.83. The fraction of sp³-hybridized carbons (Fsp3) is 0.500. The predicted molar refractivity (Wildman–Crippen MR) is 87.0 cm³/mol. The van der Waals surface area contributed by atoms with Crippen LogP contribution in [0.1, 0.15) is 37.7 Å². The highest BCUT2D eigenvalue weighted by molar-refractivity contribution is 5.74. The summed E-state index contributed by atoms with van der Waals surface area (Å²) in [7, 11) is 0. The molecule has 1 fully saturated rings. The van der Waals surface area contributed by atoms with Gasteiger partial charge in [0, 0.05) is 19.6 Å². The van der Waals surface area contributed by atoms with Crippen LogP contribution in [0, 0.1) is 5.92 Å². The van der Waals surface area contributed by atoms with Gasteiger partial charge in [0.05, 0.1) is 0 Å². The fourth-order valence-corrected chi connectivity index (χ4v) is 2.97. The van der Waals surface area contributed by atoms with Crippen LogP contribution in [0.3, 0.4) is 0 Å². The molecule has 0 atom stereocenters. The molecule has 1 aliphatic rings. The summed E-state index contributed by atoms with van der Waals surface area (Å²) in [6.07, 6.45) is 8.26. The van der Waals surface area contributed by atoms with Crippen molar-refractivity contribution >= 4 is 6.03 Å². The maximum absolute atomic E-state index is 12.3. The third-order valence-electron chi connectivity index (χ3n) is 4.16. The molecule has 0 unspecified atom stereocenters. The van der Waals surface area contributed by atoms with Gasteiger partial charge in [-0.1, -0.05) is 62.1 Å². The summed E-state index contributed by atoms with van der Waals surface area (Å²) < 4.78 is 0. The van der Waals surface area contributed by atoms with E-state index in [0.717, 1.165) is 24.4 Å². The largest absolute Gasteiger partial charge is 0.338 e. The van der Waals surface area contributed by atoms with Crippen LogP contribution in [0.4, 0.5) is 4.79 Å². The van der Waals surface area contributed by atoms with E-state index < -0.39 is 0 Å². The first-order valence-corrected chi connectivity index (χ1v) is 7.97. The highest BCUT2D eigenvalue weighted by atomic mass is 16.2. The van der Waals surface area contributed by atoms with Crippen LogP contribution in [0.25, 0.3) is 0 Å². The number of carbonyl (C=O) groups is 1. The van der Waals surface area contributed by atoms with E-state index in [1.54, 1.807) is 11.0 Å². The van der Waals surface area contributed by atoms with Gasteiger partial charge in [-0.3, -0.25) is 0 Å². The summed E-state index contributed by atoms with van der Waals surface area (Å²) in [5.74, 6) is 0.812. The van der Waals surface area contributed by atoms with E-state index in [9.17, 15) is 4.79 Å². The Bertz CT molecular complexity index is 438. The molecule has 0 saturated heterocycles. The lowest BCUT2D eigenvalue weighted by Crippen LogP contribution is -2.40. The Kier molecular flexibility index (Phi) is 6.32. The van der Waals surface area contributed by atoms with E-state index in [2.05, 4.69) is 11.9 Å². The van der Waals surface area contributed by atoms with Crippen molar-refractivity contribution in [1.82, 2.24) is 10.2 Å². The van der Waals surface area contributed by atoms with Gasteiger partial charge in [0.25, 0.3) is 0 Å². The molecule has 21 heavy (non-hydrogen) atoms. The second kappa shape index (κ2) is 8.50. The number of carbonyl (C=O) groups excluding carboxylic acids is 1. The maximum Gasteiger partial charge on any atom is 0.317 e. The van der Waals surface area contributed by atoms with Gasteiger partial charge in [-0.2, -0.15) is 0 Å². The Labute approximate surface area is 128 Å². The molecule has 3 heteroatoms. The highest BCUT2D eigenvalue weighted by Crippen LogP contribution is 2.26. The minimum absolute atomic E-state index is 0.0109. The Morgan fingerprint density at radius 1 is 1.29 bits per heavy atom. The van der Waals surface area contributed by atoms with E-state index in [1.807, 2.05) is 30.3 Å². The molecule has 0 radical (unpaired) electrons. The molecular formula is C18H26N2O. The third-order valence-corrected chi connectivity index (χ3v) is 4.16. The van der Waals surface area contributed by atoms with Gasteiger partial charge >= 0.3 is 6.03 Å². The number of nitrogens with zero attached hydrogens (tertiary/aromatic N) is 1. The summed E-state index contributed by atoms with van der Waals surface area (Å²) >= 11 is 0. The average Bonchev–Trinajstić information content (AvgIpc) is 3.01. The first kappa shape index (κ1) is 15.6. The van der Waals surface area contributed by atoms with Gasteiger partial charge in [-0.05, 0) is 17.9 Å². The molecule has 1 aromatic rings. The van der Waals surface area contributed by atoms with E-state index >= 15 is 0 Å². The molecule has 1 aliphatic carbocycles. The summed E-state index contributed by atoms with van der Waals surface area (Å²) in [6, 6.07) is 10.1. The van der Waals surface area contributed by atoms with E-state index in [-0.39, 0.29) is 6.03 Å². The molecule has 0 spiro atoms. The highest BCUT2D eigenvalue weighted by Gasteiger charge is 2.16. The van der Waals surface area contributed by atoms with Crippen molar-refractivity contribution in [3.05, 3.63) is 48.6 Å². The van der Waals surface area contributed by atoms with Gasteiger partial charge in [0.15, 0.2) is 0 Å². The minimum atomic E-state index is 0.0109. The Balaban J connectivity index is 1.79. The topological polar surface area (TPSA) is 32.3 Å². The van der Waals surface area contributed by atoms with Gasteiger partial charge in [-0.15, -0.1) is 6.58 Å². The van der Waals surface area contributed by atoms with E-state index in [0.29, 0.717) is 13.1 Å². The second-order valence-electron chi connectivity index (χ2n) is 5.83. The monoisotopic (exact) mass is 286 g/mol. The zero-order valence-electron chi connectivity index (χ0n) is 12.8. The molecule has 0 bridgehead atoms. The normalized spacial score (nSPS) is 14.9. The molecule has 1 saturated carbocycles. The van der Waals surface area contributed by atoms with Crippen LogP contribution in [-0.4, -0.2) is 24.0 Å². The van der Waals surface area contributed by atoms with Crippen molar-refractivity contribution in [1.29, 1.82) is 0 Å². The number of rotatable bonds is 7. The molecule has 0 aliphatic heterocycles. The number of hydrogen-bond acceptors (Lipinski definition) is 1. The van der Waals surface area contributed by atoms with Crippen LogP contribution in [0.15, 0.2) is 43.0 Å². The van der Waals surface area contributed by atoms with Gasteiger partial charge in [0.1, 0.15) is 0 Å². The zero-order valence-corrected chi connectivity index (χ0v) is 12.8. The smallest absolute Gasteiger partial charge is 0.317 e. The third kappa shape index (κ3) is 5.25. The standard InChI is InChI=1S/C18H26N2O/c1-2-14-20(15-17-10-4-3-5-11-17)18(21)19-13-12-16-8-6-7-9-16/h2-5,10-11,16H,1,6-9,12-15H2,(H,19,21). The Morgan fingerprint density at radius 2 is 2.00 bits per heavy atom. The van der Waals surface area contributed by atoms with E-state index in [1.165, 1.54) is 25.7 Å². The van der Waals surface area contributed by atoms with Crippen LogP contribution in [0.2, 0.25) is 0 Å². The molecule has 114 valence electrons. The molecule has 1 aromatic carbocycles. The molecule has 0 aromatic heterocycles. The van der Waals surface area contributed by atoms with Gasteiger partial charge in [0.2, 0.25) is 0 Å². The maximum atomic E-state index is 12.3. The fourth-order valence-electron chi connectivity index (χ4n) is 2.97. The van der Waals surface area contributed by atoms with Crippen LogP contribution in [-0.2, 0) is 6.54 Å². The molecule has 0 heterocycles. The lowest BCUT2D eigenvalue weighted by Gasteiger charge is -2.22. The summed E-state index contributed by atoms with van der Waals surface area (Å²) in [4.78, 5) is 14.1. The number of hydrogen-bond donors (Lipinski definition) is 1. The first-order valence-electron chi connectivity index (χ1n) is 7.97.